The van der Waals surface area contributed by atoms with E-state index in [9.17, 15) is 68.7 Å². The van der Waals surface area contributed by atoms with Crippen molar-refractivity contribution in [3.8, 4) is 5.75 Å². The highest BCUT2D eigenvalue weighted by molar-refractivity contribution is 5.86. The number of rotatable bonds is 37. The van der Waals surface area contributed by atoms with E-state index < -0.39 is 60.4 Å². The van der Waals surface area contributed by atoms with Crippen LogP contribution in [-0.2, 0) is 58.0 Å². The molecule has 448 valence electrons. The monoisotopic (exact) mass is 1140 g/mol. The first kappa shape index (κ1) is 66.0. The van der Waals surface area contributed by atoms with Gasteiger partial charge in [-0.2, -0.15) is 0 Å². The fourth-order valence-electron chi connectivity index (χ4n) is 9.46. The number of benzene rings is 1. The van der Waals surface area contributed by atoms with Crippen LogP contribution in [0.1, 0.15) is 88.9 Å². The van der Waals surface area contributed by atoms with Gasteiger partial charge in [0.25, 0.3) is 0 Å². The van der Waals surface area contributed by atoms with Gasteiger partial charge in [-0.05, 0) is 80.4 Å². The molecule has 28 heteroatoms. The maximum absolute atomic E-state index is 13.0. The predicted octanol–water partition coefficient (Wildman–Crippen LogP) is 1.25. The Kier molecular flexibility index (Phi) is 28.7. The number of nitrogens with one attached hydrogen (secondary N) is 4. The largest absolute Gasteiger partial charge is 0.487 e. The lowest BCUT2D eigenvalue weighted by Crippen LogP contribution is -2.51. The van der Waals surface area contributed by atoms with E-state index in [4.69, 9.17) is 15.0 Å². The molecular formula is C53H81N12O16+. The van der Waals surface area contributed by atoms with E-state index >= 15 is 0 Å². The van der Waals surface area contributed by atoms with Crippen LogP contribution in [0.15, 0.2) is 53.5 Å². The summed E-state index contributed by atoms with van der Waals surface area (Å²) in [5.41, 5.74) is 1.77. The molecule has 3 heterocycles. The molecule has 4 unspecified atom stereocenters. The number of azo groups is 2. The molecular weight excluding hydrogens is 1060 g/mol. The highest BCUT2D eigenvalue weighted by atomic mass is 16.5. The third kappa shape index (κ3) is 26.5. The molecule has 0 aliphatic carbocycles. The summed E-state index contributed by atoms with van der Waals surface area (Å²) in [5.74, 6) is -5.89. The highest BCUT2D eigenvalue weighted by Crippen LogP contribution is 2.23. The molecule has 0 spiro atoms. The van der Waals surface area contributed by atoms with Crippen molar-refractivity contribution in [1.29, 1.82) is 0 Å². The third-order valence-electron chi connectivity index (χ3n) is 13.8. The molecule has 0 saturated carbocycles. The quantitative estimate of drug-likeness (QED) is 0.0336. The maximum atomic E-state index is 13.0. The van der Waals surface area contributed by atoms with Gasteiger partial charge in [0.2, 0.25) is 11.8 Å². The number of hydrogen-bond donors (Lipinski definition) is 10. The summed E-state index contributed by atoms with van der Waals surface area (Å²) in [7, 11) is 1.92. The average molecular weight is 1140 g/mol. The number of hydrogen-bond acceptors (Lipinski definition) is 16. The Morgan fingerprint density at radius 2 is 1.25 bits per heavy atom. The number of carboxylic acids is 6. The second-order valence-electron chi connectivity index (χ2n) is 20.4. The summed E-state index contributed by atoms with van der Waals surface area (Å²) in [4.78, 5) is 118. The molecule has 1 fully saturated rings. The minimum absolute atomic E-state index is 0.00564. The van der Waals surface area contributed by atoms with Gasteiger partial charge < -0.3 is 61.2 Å². The summed E-state index contributed by atoms with van der Waals surface area (Å²) in [5, 5.41) is 70.6. The van der Waals surface area contributed by atoms with Crippen molar-refractivity contribution >= 4 is 53.7 Å². The zero-order valence-corrected chi connectivity index (χ0v) is 46.3. The van der Waals surface area contributed by atoms with Crippen molar-refractivity contribution < 1.29 is 83.2 Å². The molecule has 28 nitrogen and oxygen atoms in total. The number of ether oxygens (including phenoxy) is 1. The van der Waals surface area contributed by atoms with Crippen LogP contribution in [0.5, 0.6) is 5.75 Å². The fraction of sp³-hybridized carbons (Fsp3) is 0.623. The van der Waals surface area contributed by atoms with Gasteiger partial charge in [0.1, 0.15) is 42.5 Å². The summed E-state index contributed by atoms with van der Waals surface area (Å²) >= 11 is 0. The molecule has 4 amide bonds. The summed E-state index contributed by atoms with van der Waals surface area (Å²) < 4.78 is 9.68. The molecule has 2 aliphatic rings. The Morgan fingerprint density at radius 1 is 0.667 bits per heavy atom. The van der Waals surface area contributed by atoms with Crippen LogP contribution >= 0.6 is 0 Å². The predicted molar refractivity (Wildman–Crippen MR) is 289 cm³/mol. The minimum atomic E-state index is -1.51. The molecule has 2 aromatic rings. The number of carboxylic acid groups (broad SMARTS) is 6. The fourth-order valence-corrected chi connectivity index (χ4v) is 9.46. The van der Waals surface area contributed by atoms with Gasteiger partial charge in [0.15, 0.2) is 13.1 Å². The lowest BCUT2D eigenvalue weighted by Gasteiger charge is -2.24. The van der Waals surface area contributed by atoms with E-state index in [1.54, 1.807) is 26.8 Å². The molecule has 4 rings (SSSR count). The minimum Gasteiger partial charge on any atom is -0.487 e. The number of carbonyl (C=O) groups excluding carboxylic acids is 3. The molecule has 1 saturated heterocycles. The standard InChI is InChI=1S/C53H80N12O16/c1-37-29-39(59-60(2)43(37)10-8-19-56-46(67)32-61-23-25-62(33-48(70)71)27-28-63(26-24-61)34-49(72)73)36-81-40-14-12-38(13-15-40)30-64(31-44-54-20-22-65(44)35-50(74)75)21-7-3-4-11-45(66)55-18-6-5-9-41(51(76)77)57-53(80)58-42(52(78)79)16-17-47(68)69/h12-15,20,22,29,37,41-43H,3-11,16-19,21,23-28,30-36H2,1-2H3,(H9-,55,56,57,58,66,67,68,69,70,71,72,73,74,75,76,77,78,79,80)/p+1. The van der Waals surface area contributed by atoms with Gasteiger partial charge in [-0.3, -0.25) is 48.4 Å². The molecule has 0 radical (unpaired) electrons. The Bertz CT molecular complexity index is 2440. The highest BCUT2D eigenvalue weighted by Gasteiger charge is 2.31. The van der Waals surface area contributed by atoms with Crippen LogP contribution in [0, 0.1) is 5.92 Å². The van der Waals surface area contributed by atoms with E-state index in [1.165, 1.54) is 0 Å². The molecule has 2 aliphatic heterocycles. The lowest BCUT2D eigenvalue weighted by molar-refractivity contribution is -0.610. The third-order valence-corrected chi connectivity index (χ3v) is 13.8. The number of nitrogens with zero attached hydrogens (tertiary/aromatic N) is 8. The molecule has 1 aromatic carbocycles. The summed E-state index contributed by atoms with van der Waals surface area (Å²) in [6, 6.07) is 3.90. The number of unbranched alkanes of at least 4 members (excludes halogenated alkanes) is 3. The number of aliphatic carboxylic acids is 6. The van der Waals surface area contributed by atoms with Crippen LogP contribution in [0.2, 0.25) is 0 Å². The first-order valence-corrected chi connectivity index (χ1v) is 27.3. The topological polar surface area (TPSA) is 379 Å². The number of imidazole rings is 1. The van der Waals surface area contributed by atoms with E-state index in [0.29, 0.717) is 103 Å². The molecule has 0 bridgehead atoms. The van der Waals surface area contributed by atoms with E-state index in [-0.39, 0.29) is 82.4 Å². The first-order chi connectivity index (χ1) is 38.6. The van der Waals surface area contributed by atoms with Crippen LogP contribution < -0.4 is 26.0 Å². The van der Waals surface area contributed by atoms with E-state index in [1.807, 2.05) is 40.9 Å². The second-order valence-corrected chi connectivity index (χ2v) is 20.4. The molecule has 1 aromatic heterocycles. The van der Waals surface area contributed by atoms with Gasteiger partial charge in [-0.25, -0.2) is 19.4 Å². The van der Waals surface area contributed by atoms with Crippen LogP contribution in [0.3, 0.4) is 0 Å². The SMILES string of the molecule is CC1C=C(COc2ccc(CN(CCCCCC(=O)NCCCCC(NC(=O)NC(CCC(=O)O)C(=O)O)C(=O)O)Cc3nccn3CC(=O)O)cc2)N=[N+](C)C1CCCNC(=O)CN1CCN(CC(=O)O)CCN(CC(=O)O)CC1. The molecule has 10 N–H and O–H groups in total. The van der Waals surface area contributed by atoms with E-state index in [0.717, 1.165) is 30.5 Å². The zero-order chi connectivity index (χ0) is 59.3. The number of carbonyl (C=O) groups is 9. The van der Waals surface area contributed by atoms with Crippen LogP contribution in [0.25, 0.3) is 0 Å². The van der Waals surface area contributed by atoms with Crippen molar-refractivity contribution in [2.75, 3.05) is 92.2 Å². The van der Waals surface area contributed by atoms with Crippen LogP contribution in [-0.4, -0.2) is 228 Å². The van der Waals surface area contributed by atoms with Gasteiger partial charge >= 0.3 is 41.8 Å². The average Bonchev–Trinajstić information content (AvgIpc) is 3.89. The molecule has 4 atom stereocenters. The van der Waals surface area contributed by atoms with Gasteiger partial charge in [0, 0.05) is 96.5 Å². The molecule has 81 heavy (non-hydrogen) atoms. The first-order valence-electron chi connectivity index (χ1n) is 27.3. The van der Waals surface area contributed by atoms with Crippen molar-refractivity contribution in [3.63, 3.8) is 0 Å². The Morgan fingerprint density at radius 3 is 1.83 bits per heavy atom. The van der Waals surface area contributed by atoms with Crippen molar-refractivity contribution in [3.05, 3.63) is 59.8 Å². The lowest BCUT2D eigenvalue weighted by atomic mass is 9.95. The summed E-state index contributed by atoms with van der Waals surface area (Å²) in [6.07, 6.45) is 8.95. The van der Waals surface area contributed by atoms with Crippen molar-refractivity contribution in [2.45, 2.75) is 115 Å². The van der Waals surface area contributed by atoms with Crippen molar-refractivity contribution in [2.24, 2.45) is 11.0 Å². The summed E-state index contributed by atoms with van der Waals surface area (Å²) in [6.45, 7) is 6.89. The number of amides is 4. The van der Waals surface area contributed by atoms with Crippen molar-refractivity contribution in [1.82, 2.24) is 50.4 Å². The van der Waals surface area contributed by atoms with Gasteiger partial charge in [0.05, 0.1) is 26.2 Å². The maximum Gasteiger partial charge on any atom is 0.326 e. The Hall–Kier alpha value is -7.56. The van der Waals surface area contributed by atoms with E-state index in [2.05, 4.69) is 44.2 Å². The van der Waals surface area contributed by atoms with Gasteiger partial charge in [-0.15, -0.1) is 4.70 Å². The van der Waals surface area contributed by atoms with Gasteiger partial charge in [-0.1, -0.05) is 25.5 Å². The number of aromatic nitrogens is 2. The smallest absolute Gasteiger partial charge is 0.326 e. The Balaban J connectivity index is 1.18. The second kappa shape index (κ2) is 35.2. The number of urea groups is 1. The Labute approximate surface area is 470 Å². The van der Waals surface area contributed by atoms with Crippen LogP contribution in [0.4, 0.5) is 4.79 Å². The normalized spacial score (nSPS) is 17.0. The zero-order valence-electron chi connectivity index (χ0n) is 46.3.